The molecule has 1 rings (SSSR count). The molecule has 0 aliphatic heterocycles. The van der Waals surface area contributed by atoms with Gasteiger partial charge < -0.3 is 0 Å². The number of hydrogen-bond acceptors (Lipinski definition) is 6. The number of hydrogen-bond donors (Lipinski definition) is 1. The van der Waals surface area contributed by atoms with E-state index in [1.54, 1.807) is 0 Å². The van der Waals surface area contributed by atoms with Gasteiger partial charge in [0.25, 0.3) is 5.69 Å². The van der Waals surface area contributed by atoms with Gasteiger partial charge in [-0.15, -0.1) is 0 Å². The molecule has 0 saturated heterocycles. The molecular weight excluding hydrogens is 340 g/mol. The maximum Gasteiger partial charge on any atom is 0.301 e. The minimum Gasteiger partial charge on any atom is -0.272 e. The molecule has 0 bridgehead atoms. The molecule has 1 aromatic rings. The van der Waals surface area contributed by atoms with Crippen LogP contribution in [0.1, 0.15) is 41.5 Å². The van der Waals surface area contributed by atoms with Gasteiger partial charge in [0, 0.05) is 11.9 Å². The Morgan fingerprint density at radius 1 is 1.00 bits per heavy atom. The Labute approximate surface area is 148 Å². The van der Waals surface area contributed by atoms with Crippen molar-refractivity contribution in [3.05, 3.63) is 38.4 Å². The fraction of sp³-hybridized carbons (Fsp3) is 0.562. The van der Waals surface area contributed by atoms with E-state index in [0.29, 0.717) is 16.6 Å². The molecule has 0 aliphatic rings. The number of non-ortho nitro benzene ring substituents is 1. The van der Waals surface area contributed by atoms with Crippen LogP contribution in [0, 0.1) is 20.2 Å². The van der Waals surface area contributed by atoms with Crippen molar-refractivity contribution in [1.29, 1.82) is 0 Å². The van der Waals surface area contributed by atoms with Crippen molar-refractivity contribution in [3.8, 4) is 0 Å². The third-order valence-electron chi connectivity index (χ3n) is 4.86. The van der Waals surface area contributed by atoms with E-state index in [1.807, 2.05) is 5.84 Å². The predicted molar refractivity (Wildman–Crippen MR) is 103 cm³/mol. The normalized spacial score (nSPS) is 12.4. The number of nitrogens with zero attached hydrogens (tertiary/aromatic N) is 3. The summed E-state index contributed by atoms with van der Waals surface area (Å²) in [5.41, 5.74) is 3.57. The van der Waals surface area contributed by atoms with Gasteiger partial charge in [0.2, 0.25) is 0 Å². The largest absolute Gasteiger partial charge is 0.301 e. The highest BCUT2D eigenvalue weighted by molar-refractivity contribution is 7.04. The molecule has 9 heteroatoms. The Morgan fingerprint density at radius 3 is 1.92 bits per heavy atom. The molecule has 138 valence electrons. The summed E-state index contributed by atoms with van der Waals surface area (Å²) >= 11 is 0. The van der Waals surface area contributed by atoms with Gasteiger partial charge >= 0.3 is 5.69 Å². The Bertz CT molecular complexity index is 652. The number of nitro benzene ring substituents is 2. The second-order valence-electron chi connectivity index (χ2n) is 7.05. The standard InChI is InChI=1S/C16H26N4O4Si/c1-11(2)25(12(3)4,13(5)6)10-17-18-15-8-7-14(19(21)22)9-16(15)20(23)24/h7-13,18H,1-6H3/b17-10-. The molecule has 0 radical (unpaired) electrons. The van der Waals surface area contributed by atoms with E-state index in [4.69, 9.17) is 0 Å². The highest BCUT2D eigenvalue weighted by Gasteiger charge is 2.41. The minimum absolute atomic E-state index is 0.144. The van der Waals surface area contributed by atoms with Gasteiger partial charge in [-0.1, -0.05) is 41.5 Å². The van der Waals surface area contributed by atoms with Crippen molar-refractivity contribution in [2.75, 3.05) is 5.43 Å². The van der Waals surface area contributed by atoms with Gasteiger partial charge in [-0.25, -0.2) is 0 Å². The third kappa shape index (κ3) is 4.41. The maximum absolute atomic E-state index is 11.2. The second-order valence-corrected chi connectivity index (χ2v) is 12.8. The molecule has 0 saturated carbocycles. The van der Waals surface area contributed by atoms with Crippen molar-refractivity contribution in [2.24, 2.45) is 5.10 Å². The fourth-order valence-corrected chi connectivity index (χ4v) is 8.72. The van der Waals surface area contributed by atoms with Crippen LogP contribution in [0.25, 0.3) is 0 Å². The topological polar surface area (TPSA) is 111 Å². The first-order valence-corrected chi connectivity index (χ1v) is 10.6. The van der Waals surface area contributed by atoms with Crippen LogP contribution in [0.5, 0.6) is 0 Å². The summed E-state index contributed by atoms with van der Waals surface area (Å²) in [5, 5.41) is 26.3. The molecule has 0 fully saturated rings. The Morgan fingerprint density at radius 2 is 1.52 bits per heavy atom. The lowest BCUT2D eigenvalue weighted by atomic mass is 10.2. The van der Waals surface area contributed by atoms with Crippen molar-refractivity contribution in [3.63, 3.8) is 0 Å². The second kappa shape index (κ2) is 8.19. The molecule has 0 aliphatic carbocycles. The van der Waals surface area contributed by atoms with Gasteiger partial charge in [-0.3, -0.25) is 25.7 Å². The van der Waals surface area contributed by atoms with E-state index in [2.05, 4.69) is 52.1 Å². The number of hydrazone groups is 1. The summed E-state index contributed by atoms with van der Waals surface area (Å²) in [6.45, 7) is 13.1. The number of anilines is 1. The van der Waals surface area contributed by atoms with Crippen LogP contribution in [0.2, 0.25) is 16.6 Å². The molecule has 0 atom stereocenters. The zero-order chi connectivity index (χ0) is 19.4. The van der Waals surface area contributed by atoms with Crippen molar-refractivity contribution in [2.45, 2.75) is 58.2 Å². The molecule has 1 aromatic carbocycles. The first-order valence-electron chi connectivity index (χ1n) is 8.27. The summed E-state index contributed by atoms with van der Waals surface area (Å²) in [5.74, 6) is 1.96. The van der Waals surface area contributed by atoms with Gasteiger partial charge in [0.15, 0.2) is 0 Å². The van der Waals surface area contributed by atoms with Gasteiger partial charge in [-0.05, 0) is 22.7 Å². The van der Waals surface area contributed by atoms with Gasteiger partial charge in [0.05, 0.1) is 15.9 Å². The summed E-state index contributed by atoms with van der Waals surface area (Å²) in [4.78, 5) is 20.7. The van der Waals surface area contributed by atoms with Gasteiger partial charge in [-0.2, -0.15) is 5.10 Å². The molecular formula is C16H26N4O4Si. The van der Waals surface area contributed by atoms with Crippen LogP contribution in [0.15, 0.2) is 23.3 Å². The average molecular weight is 366 g/mol. The Balaban J connectivity index is 3.20. The van der Waals surface area contributed by atoms with Crippen LogP contribution in [0.3, 0.4) is 0 Å². The summed E-state index contributed by atoms with van der Waals surface area (Å²) < 4.78 is 0. The van der Waals surface area contributed by atoms with E-state index < -0.39 is 17.9 Å². The van der Waals surface area contributed by atoms with E-state index >= 15 is 0 Å². The average Bonchev–Trinajstić information content (AvgIpc) is 2.50. The first kappa shape index (κ1) is 20.8. The maximum atomic E-state index is 11.2. The summed E-state index contributed by atoms with van der Waals surface area (Å²) in [6.07, 6.45) is 0. The van der Waals surface area contributed by atoms with Gasteiger partial charge in [0.1, 0.15) is 13.8 Å². The Kier molecular flexibility index (Phi) is 6.80. The summed E-state index contributed by atoms with van der Waals surface area (Å²) in [6, 6.07) is 3.48. The van der Waals surface area contributed by atoms with E-state index in [0.717, 1.165) is 6.07 Å². The van der Waals surface area contributed by atoms with Crippen LogP contribution in [-0.2, 0) is 0 Å². The first-order chi connectivity index (χ1) is 11.5. The molecule has 0 amide bonds. The number of benzene rings is 1. The molecule has 25 heavy (non-hydrogen) atoms. The van der Waals surface area contributed by atoms with Crippen LogP contribution in [-0.4, -0.2) is 23.8 Å². The highest BCUT2D eigenvalue weighted by Crippen LogP contribution is 2.40. The van der Waals surface area contributed by atoms with Crippen molar-refractivity contribution in [1.82, 2.24) is 0 Å². The highest BCUT2D eigenvalue weighted by atomic mass is 28.3. The molecule has 8 nitrogen and oxygen atoms in total. The zero-order valence-electron chi connectivity index (χ0n) is 15.5. The molecule has 0 heterocycles. The van der Waals surface area contributed by atoms with E-state index in [1.165, 1.54) is 12.1 Å². The predicted octanol–water partition coefficient (Wildman–Crippen LogP) is 5.12. The SMILES string of the molecule is CC(C)[Si](/C=N\Nc1ccc([N+](=O)[O-])cc1[N+](=O)[O-])(C(C)C)C(C)C. The lowest BCUT2D eigenvalue weighted by Crippen LogP contribution is -2.46. The fourth-order valence-electron chi connectivity index (χ4n) is 3.54. The third-order valence-corrected chi connectivity index (χ3v) is 11.4. The number of nitro groups is 2. The van der Waals surface area contributed by atoms with Crippen LogP contribution in [0.4, 0.5) is 17.1 Å². The lowest BCUT2D eigenvalue weighted by Gasteiger charge is -2.39. The zero-order valence-corrected chi connectivity index (χ0v) is 16.5. The summed E-state index contributed by atoms with van der Waals surface area (Å²) in [7, 11) is -1.89. The lowest BCUT2D eigenvalue weighted by molar-refractivity contribution is -0.393. The molecule has 1 N–H and O–H groups in total. The smallest absolute Gasteiger partial charge is 0.272 e. The van der Waals surface area contributed by atoms with Crippen molar-refractivity contribution < 1.29 is 9.85 Å². The van der Waals surface area contributed by atoms with Crippen LogP contribution < -0.4 is 5.43 Å². The Hall–Kier alpha value is -2.29. The number of rotatable bonds is 8. The molecule has 0 unspecified atom stereocenters. The van der Waals surface area contributed by atoms with E-state index in [9.17, 15) is 20.2 Å². The monoisotopic (exact) mass is 366 g/mol. The van der Waals surface area contributed by atoms with E-state index in [-0.39, 0.29) is 17.1 Å². The minimum atomic E-state index is -1.89. The molecule has 0 aromatic heterocycles. The van der Waals surface area contributed by atoms with Crippen LogP contribution >= 0.6 is 0 Å². The van der Waals surface area contributed by atoms with Crippen molar-refractivity contribution >= 4 is 31.0 Å². The quantitative estimate of drug-likeness (QED) is 0.297. The molecule has 0 spiro atoms. The number of nitrogens with one attached hydrogen (secondary N) is 1.